The number of nitrogens with one attached hydrogen (secondary N) is 1. The normalized spacial score (nSPS) is 15.9. The third-order valence-corrected chi connectivity index (χ3v) is 4.98. The van der Waals surface area contributed by atoms with Gasteiger partial charge in [0.1, 0.15) is 0 Å². The van der Waals surface area contributed by atoms with Gasteiger partial charge in [-0.15, -0.1) is 0 Å². The Bertz CT molecular complexity index is 706. The van der Waals surface area contributed by atoms with Crippen molar-refractivity contribution in [1.82, 2.24) is 4.90 Å². The molecule has 0 saturated carbocycles. The van der Waals surface area contributed by atoms with E-state index in [0.29, 0.717) is 12.2 Å². The second kappa shape index (κ2) is 8.17. The average Bonchev–Trinajstić information content (AvgIpc) is 2.61. The summed E-state index contributed by atoms with van der Waals surface area (Å²) in [6, 6.07) is 16.3. The highest BCUT2D eigenvalue weighted by Gasteiger charge is 2.21. The summed E-state index contributed by atoms with van der Waals surface area (Å²) in [4.78, 5) is 14.6. The van der Waals surface area contributed by atoms with Crippen molar-refractivity contribution in [3.05, 3.63) is 59.7 Å². The minimum atomic E-state index is 0.0372. The SMILES string of the molecule is Cc1ccc(N)cc1NC(=O)CN1CCC(Cc2ccccc2)CC1. The fourth-order valence-electron chi connectivity index (χ4n) is 3.46. The fraction of sp³-hybridized carbons (Fsp3) is 0.381. The summed E-state index contributed by atoms with van der Waals surface area (Å²) in [5.74, 6) is 0.757. The molecule has 25 heavy (non-hydrogen) atoms. The molecule has 1 amide bonds. The lowest BCUT2D eigenvalue weighted by Gasteiger charge is -2.31. The Balaban J connectivity index is 1.45. The second-order valence-corrected chi connectivity index (χ2v) is 7.03. The lowest BCUT2D eigenvalue weighted by Crippen LogP contribution is -2.39. The third kappa shape index (κ3) is 5.07. The molecule has 0 unspecified atom stereocenters. The van der Waals surface area contributed by atoms with Gasteiger partial charge in [0.15, 0.2) is 0 Å². The molecule has 0 aliphatic carbocycles. The van der Waals surface area contributed by atoms with Gasteiger partial charge in [0, 0.05) is 11.4 Å². The van der Waals surface area contributed by atoms with Crippen LogP contribution in [0.15, 0.2) is 48.5 Å². The molecular weight excluding hydrogens is 310 g/mol. The van der Waals surface area contributed by atoms with E-state index in [1.54, 1.807) is 0 Å². The molecule has 0 aromatic heterocycles. The number of piperidine rings is 1. The highest BCUT2D eigenvalue weighted by atomic mass is 16.2. The molecule has 0 bridgehead atoms. The minimum absolute atomic E-state index is 0.0372. The molecule has 4 nitrogen and oxygen atoms in total. The first-order chi connectivity index (χ1) is 12.1. The van der Waals surface area contributed by atoms with Crippen LogP contribution in [0.3, 0.4) is 0 Å². The van der Waals surface area contributed by atoms with Crippen molar-refractivity contribution >= 4 is 17.3 Å². The Labute approximate surface area is 150 Å². The predicted molar refractivity (Wildman–Crippen MR) is 104 cm³/mol. The lowest BCUT2D eigenvalue weighted by molar-refractivity contribution is -0.117. The molecule has 1 heterocycles. The number of rotatable bonds is 5. The Kier molecular flexibility index (Phi) is 5.71. The van der Waals surface area contributed by atoms with Crippen molar-refractivity contribution in [2.75, 3.05) is 30.7 Å². The molecule has 4 heteroatoms. The molecule has 2 aromatic carbocycles. The molecule has 3 N–H and O–H groups in total. The molecule has 0 atom stereocenters. The molecule has 0 spiro atoms. The number of aryl methyl sites for hydroxylation is 1. The van der Waals surface area contributed by atoms with Crippen molar-refractivity contribution in [3.63, 3.8) is 0 Å². The summed E-state index contributed by atoms with van der Waals surface area (Å²) < 4.78 is 0. The van der Waals surface area contributed by atoms with Gasteiger partial charge in [-0.2, -0.15) is 0 Å². The van der Waals surface area contributed by atoms with Crippen LogP contribution < -0.4 is 11.1 Å². The van der Waals surface area contributed by atoms with Crippen LogP contribution in [0.4, 0.5) is 11.4 Å². The Morgan fingerprint density at radius 1 is 1.16 bits per heavy atom. The number of carbonyl (C=O) groups excluding carboxylic acids is 1. The van der Waals surface area contributed by atoms with Crippen LogP contribution in [0.5, 0.6) is 0 Å². The number of nitrogens with two attached hydrogens (primary N) is 1. The molecule has 132 valence electrons. The fourth-order valence-corrected chi connectivity index (χ4v) is 3.46. The summed E-state index contributed by atoms with van der Waals surface area (Å²) in [7, 11) is 0. The first kappa shape index (κ1) is 17.5. The van der Waals surface area contributed by atoms with Gasteiger partial charge in [-0.25, -0.2) is 0 Å². The van der Waals surface area contributed by atoms with Crippen molar-refractivity contribution < 1.29 is 4.79 Å². The third-order valence-electron chi connectivity index (χ3n) is 4.98. The van der Waals surface area contributed by atoms with Gasteiger partial charge < -0.3 is 11.1 Å². The first-order valence-corrected chi connectivity index (χ1v) is 9.02. The number of hydrogen-bond donors (Lipinski definition) is 2. The maximum Gasteiger partial charge on any atom is 0.238 e. The zero-order valence-electron chi connectivity index (χ0n) is 14.9. The quantitative estimate of drug-likeness (QED) is 0.821. The van der Waals surface area contributed by atoms with Crippen molar-refractivity contribution in [2.24, 2.45) is 5.92 Å². The number of benzene rings is 2. The van der Waals surface area contributed by atoms with Crippen LogP contribution >= 0.6 is 0 Å². The van der Waals surface area contributed by atoms with Gasteiger partial charge in [-0.05, 0) is 68.5 Å². The van der Waals surface area contributed by atoms with Crippen LogP contribution in [-0.2, 0) is 11.2 Å². The van der Waals surface area contributed by atoms with Crippen LogP contribution in [0.1, 0.15) is 24.0 Å². The van der Waals surface area contributed by atoms with E-state index in [0.717, 1.165) is 49.5 Å². The van der Waals surface area contributed by atoms with E-state index in [1.807, 2.05) is 25.1 Å². The monoisotopic (exact) mass is 337 g/mol. The lowest BCUT2D eigenvalue weighted by atomic mass is 9.90. The van der Waals surface area contributed by atoms with Crippen LogP contribution in [0.25, 0.3) is 0 Å². The Morgan fingerprint density at radius 2 is 1.88 bits per heavy atom. The summed E-state index contributed by atoms with van der Waals surface area (Å²) >= 11 is 0. The van der Waals surface area contributed by atoms with Crippen LogP contribution in [0.2, 0.25) is 0 Å². The number of hydrogen-bond acceptors (Lipinski definition) is 3. The summed E-state index contributed by atoms with van der Waals surface area (Å²) in [5.41, 5.74) is 9.73. The minimum Gasteiger partial charge on any atom is -0.399 e. The van der Waals surface area contributed by atoms with E-state index >= 15 is 0 Å². The topological polar surface area (TPSA) is 58.4 Å². The number of nitrogens with zero attached hydrogens (tertiary/aromatic N) is 1. The van der Waals surface area contributed by atoms with E-state index in [-0.39, 0.29) is 5.91 Å². The zero-order chi connectivity index (χ0) is 17.6. The van der Waals surface area contributed by atoms with Crippen molar-refractivity contribution in [3.8, 4) is 0 Å². The van der Waals surface area contributed by atoms with Gasteiger partial charge in [0.25, 0.3) is 0 Å². The summed E-state index contributed by atoms with van der Waals surface area (Å²) in [6.45, 7) is 4.40. The van der Waals surface area contributed by atoms with Crippen molar-refractivity contribution in [1.29, 1.82) is 0 Å². The molecular formula is C21H27N3O. The number of nitrogen functional groups attached to an aromatic ring is 1. The van der Waals surface area contributed by atoms with E-state index in [9.17, 15) is 4.79 Å². The average molecular weight is 337 g/mol. The van der Waals surface area contributed by atoms with Crippen LogP contribution in [-0.4, -0.2) is 30.4 Å². The van der Waals surface area contributed by atoms with E-state index in [2.05, 4.69) is 40.5 Å². The van der Waals surface area contributed by atoms with E-state index in [4.69, 9.17) is 5.73 Å². The largest absolute Gasteiger partial charge is 0.399 e. The van der Waals surface area contributed by atoms with E-state index < -0.39 is 0 Å². The van der Waals surface area contributed by atoms with Gasteiger partial charge >= 0.3 is 0 Å². The van der Waals surface area contributed by atoms with E-state index in [1.165, 1.54) is 5.56 Å². The highest BCUT2D eigenvalue weighted by molar-refractivity contribution is 5.93. The maximum atomic E-state index is 12.3. The predicted octanol–water partition coefficient (Wildman–Crippen LogP) is 3.47. The molecule has 1 aliphatic heterocycles. The number of likely N-dealkylation sites (tertiary alicyclic amines) is 1. The van der Waals surface area contributed by atoms with Crippen LogP contribution in [0, 0.1) is 12.8 Å². The standard InChI is InChI=1S/C21H27N3O/c1-16-7-8-19(22)14-20(16)23-21(25)15-24-11-9-18(10-12-24)13-17-5-3-2-4-6-17/h2-8,14,18H,9-13,15,22H2,1H3,(H,23,25). The maximum absolute atomic E-state index is 12.3. The number of anilines is 2. The molecule has 2 aromatic rings. The summed E-state index contributed by atoms with van der Waals surface area (Å²) in [6.07, 6.45) is 3.45. The molecule has 3 rings (SSSR count). The Morgan fingerprint density at radius 3 is 2.60 bits per heavy atom. The first-order valence-electron chi connectivity index (χ1n) is 9.02. The molecule has 0 radical (unpaired) electrons. The number of carbonyl (C=O) groups is 1. The van der Waals surface area contributed by atoms with Crippen molar-refractivity contribution in [2.45, 2.75) is 26.2 Å². The molecule has 1 fully saturated rings. The number of amides is 1. The van der Waals surface area contributed by atoms with Gasteiger partial charge in [0.05, 0.1) is 6.54 Å². The van der Waals surface area contributed by atoms with Gasteiger partial charge in [-0.1, -0.05) is 36.4 Å². The Hall–Kier alpha value is -2.33. The van der Waals surface area contributed by atoms with Gasteiger partial charge in [-0.3, -0.25) is 9.69 Å². The summed E-state index contributed by atoms with van der Waals surface area (Å²) in [5, 5.41) is 2.99. The zero-order valence-corrected chi connectivity index (χ0v) is 14.9. The molecule has 1 aliphatic rings. The van der Waals surface area contributed by atoms with Gasteiger partial charge in [0.2, 0.25) is 5.91 Å². The highest BCUT2D eigenvalue weighted by Crippen LogP contribution is 2.22. The smallest absolute Gasteiger partial charge is 0.238 e. The molecule has 1 saturated heterocycles. The second-order valence-electron chi connectivity index (χ2n) is 7.03.